The van der Waals surface area contributed by atoms with Crippen molar-refractivity contribution in [1.82, 2.24) is 4.90 Å². The monoisotopic (exact) mass is 246 g/mol. The molecule has 0 N–H and O–H groups in total. The van der Waals surface area contributed by atoms with Gasteiger partial charge in [0.15, 0.2) is 5.54 Å². The van der Waals surface area contributed by atoms with E-state index in [0.717, 1.165) is 0 Å². The van der Waals surface area contributed by atoms with Crippen LogP contribution in [0.3, 0.4) is 0 Å². The van der Waals surface area contributed by atoms with Crippen LogP contribution >= 0.6 is 0 Å². The molecule has 2 heteroatoms. The smallest absolute Gasteiger partial charge is 0.156 e. The Hall–Kier alpha value is -2.11. The van der Waals surface area contributed by atoms with Crippen molar-refractivity contribution in [3.8, 4) is 6.07 Å². The Bertz CT molecular complexity index is 686. The molecule has 0 bridgehead atoms. The summed E-state index contributed by atoms with van der Waals surface area (Å²) >= 11 is 0. The molecule has 0 spiro atoms. The van der Waals surface area contributed by atoms with Gasteiger partial charge in [-0.15, -0.1) is 0 Å². The molecule has 1 saturated heterocycles. The van der Waals surface area contributed by atoms with E-state index in [1.165, 1.54) is 16.7 Å². The molecule has 3 unspecified atom stereocenters. The fraction of sp³-hybridized carbons (Fsp3) is 0.235. The maximum Gasteiger partial charge on any atom is 0.156 e. The van der Waals surface area contributed by atoms with Gasteiger partial charge in [-0.25, -0.2) is 0 Å². The number of fused-ring (bicyclic) bond motifs is 4. The topological polar surface area (TPSA) is 26.8 Å². The van der Waals surface area contributed by atoms with Gasteiger partial charge in [0, 0.05) is 6.04 Å². The number of nitriles is 1. The molecule has 2 aromatic rings. The van der Waals surface area contributed by atoms with Crippen LogP contribution in [-0.2, 0) is 5.54 Å². The molecule has 92 valence electrons. The Balaban J connectivity index is 1.73. The van der Waals surface area contributed by atoms with Crippen LogP contribution in [0.4, 0.5) is 0 Å². The highest BCUT2D eigenvalue weighted by atomic mass is 15.4. The zero-order chi connectivity index (χ0) is 13.0. The number of hydrogen-bond donors (Lipinski definition) is 0. The summed E-state index contributed by atoms with van der Waals surface area (Å²) in [4.78, 5) is 2.33. The SMILES string of the molecule is C[C@@H](c1ccccc1)N1C2c3ccccc3C21C#N. The highest BCUT2D eigenvalue weighted by molar-refractivity contribution is 5.62. The molecule has 4 atom stereocenters. The molecule has 0 aromatic heterocycles. The molecule has 2 aromatic carbocycles. The Morgan fingerprint density at radius 3 is 2.53 bits per heavy atom. The number of benzene rings is 2. The second-order valence-electron chi connectivity index (χ2n) is 5.36. The quantitative estimate of drug-likeness (QED) is 0.758. The van der Waals surface area contributed by atoms with Crippen molar-refractivity contribution >= 4 is 0 Å². The summed E-state index contributed by atoms with van der Waals surface area (Å²) in [5, 5.41) is 9.61. The highest BCUT2D eigenvalue weighted by Gasteiger charge is 2.74. The minimum Gasteiger partial charge on any atom is -0.263 e. The van der Waals surface area contributed by atoms with Gasteiger partial charge in [0.05, 0.1) is 12.1 Å². The third kappa shape index (κ3) is 1.14. The summed E-state index contributed by atoms with van der Waals surface area (Å²) in [5.41, 5.74) is 3.45. The van der Waals surface area contributed by atoms with Crippen LogP contribution in [0.1, 0.15) is 35.7 Å². The van der Waals surface area contributed by atoms with Crippen LogP contribution in [0.5, 0.6) is 0 Å². The van der Waals surface area contributed by atoms with Gasteiger partial charge >= 0.3 is 0 Å². The normalized spacial score (nSPS) is 31.4. The molecule has 2 nitrogen and oxygen atoms in total. The van der Waals surface area contributed by atoms with Crippen molar-refractivity contribution in [2.75, 3.05) is 0 Å². The van der Waals surface area contributed by atoms with E-state index in [-0.39, 0.29) is 11.6 Å². The van der Waals surface area contributed by atoms with E-state index < -0.39 is 0 Å². The molecular formula is C17H14N2. The zero-order valence-electron chi connectivity index (χ0n) is 10.7. The second-order valence-corrected chi connectivity index (χ2v) is 5.36. The van der Waals surface area contributed by atoms with Gasteiger partial charge in [0.25, 0.3) is 0 Å². The van der Waals surface area contributed by atoms with Gasteiger partial charge in [-0.05, 0) is 23.6 Å². The van der Waals surface area contributed by atoms with Crippen LogP contribution < -0.4 is 0 Å². The zero-order valence-corrected chi connectivity index (χ0v) is 10.7. The Morgan fingerprint density at radius 2 is 1.79 bits per heavy atom. The van der Waals surface area contributed by atoms with Gasteiger partial charge in [-0.1, -0.05) is 54.6 Å². The molecule has 1 fully saturated rings. The molecule has 0 saturated carbocycles. The lowest BCUT2D eigenvalue weighted by Crippen LogP contribution is -2.21. The van der Waals surface area contributed by atoms with Crippen molar-refractivity contribution in [3.05, 3.63) is 71.3 Å². The molecule has 19 heavy (non-hydrogen) atoms. The van der Waals surface area contributed by atoms with E-state index in [2.05, 4.69) is 60.4 Å². The molecule has 2 aliphatic rings. The second kappa shape index (κ2) is 3.46. The summed E-state index contributed by atoms with van der Waals surface area (Å²) < 4.78 is 0. The van der Waals surface area contributed by atoms with Crippen LogP contribution in [0.25, 0.3) is 0 Å². The Labute approximate surface area is 112 Å². The van der Waals surface area contributed by atoms with Gasteiger partial charge in [-0.3, -0.25) is 4.90 Å². The van der Waals surface area contributed by atoms with Crippen molar-refractivity contribution < 1.29 is 0 Å². The Morgan fingerprint density at radius 1 is 1.11 bits per heavy atom. The molecule has 1 aliphatic carbocycles. The van der Waals surface area contributed by atoms with Crippen LogP contribution in [0.15, 0.2) is 54.6 Å². The van der Waals surface area contributed by atoms with Gasteiger partial charge < -0.3 is 0 Å². The number of hydrogen-bond acceptors (Lipinski definition) is 2. The molecule has 0 radical (unpaired) electrons. The summed E-state index contributed by atoms with van der Waals surface area (Å²) in [5.74, 6) is 0. The average Bonchev–Trinajstić information content (AvgIpc) is 3.08. The van der Waals surface area contributed by atoms with E-state index in [1.54, 1.807) is 0 Å². The van der Waals surface area contributed by atoms with Crippen molar-refractivity contribution in [2.24, 2.45) is 0 Å². The predicted octanol–water partition coefficient (Wildman–Crippen LogP) is 3.54. The van der Waals surface area contributed by atoms with E-state index in [4.69, 9.17) is 0 Å². The minimum atomic E-state index is -0.355. The van der Waals surface area contributed by atoms with Gasteiger partial charge in [-0.2, -0.15) is 5.26 Å². The molecule has 1 heterocycles. The first kappa shape index (κ1) is 10.8. The van der Waals surface area contributed by atoms with Gasteiger partial charge in [0.2, 0.25) is 0 Å². The van der Waals surface area contributed by atoms with Gasteiger partial charge in [0.1, 0.15) is 0 Å². The number of rotatable bonds is 2. The van der Waals surface area contributed by atoms with Crippen molar-refractivity contribution in [2.45, 2.75) is 24.5 Å². The molecular weight excluding hydrogens is 232 g/mol. The minimum absolute atomic E-state index is 0.276. The van der Waals surface area contributed by atoms with E-state index in [9.17, 15) is 5.26 Å². The first-order valence-corrected chi connectivity index (χ1v) is 6.65. The van der Waals surface area contributed by atoms with E-state index in [0.29, 0.717) is 6.04 Å². The maximum atomic E-state index is 9.61. The fourth-order valence-electron chi connectivity index (χ4n) is 3.58. The summed E-state index contributed by atoms with van der Waals surface area (Å²) in [6.07, 6.45) is 0. The van der Waals surface area contributed by atoms with Crippen LogP contribution in [-0.4, -0.2) is 4.90 Å². The fourth-order valence-corrected chi connectivity index (χ4v) is 3.58. The average molecular weight is 246 g/mol. The number of nitrogens with zero attached hydrogens (tertiary/aromatic N) is 2. The summed E-state index contributed by atoms with van der Waals surface area (Å²) in [7, 11) is 0. The third-order valence-electron chi connectivity index (χ3n) is 4.55. The molecule has 0 amide bonds. The molecule has 4 rings (SSSR count). The lowest BCUT2D eigenvalue weighted by molar-refractivity contribution is 0.375. The highest BCUT2D eigenvalue weighted by Crippen LogP contribution is 2.72. The lowest BCUT2D eigenvalue weighted by Gasteiger charge is -2.20. The lowest BCUT2D eigenvalue weighted by atomic mass is 9.78. The maximum absolute atomic E-state index is 9.61. The summed E-state index contributed by atoms with van der Waals surface area (Å²) in [6, 6.07) is 21.8. The van der Waals surface area contributed by atoms with E-state index >= 15 is 0 Å². The largest absolute Gasteiger partial charge is 0.263 e. The van der Waals surface area contributed by atoms with Crippen molar-refractivity contribution in [3.63, 3.8) is 0 Å². The van der Waals surface area contributed by atoms with Crippen LogP contribution in [0.2, 0.25) is 0 Å². The predicted molar refractivity (Wildman–Crippen MR) is 73.2 cm³/mol. The summed E-state index contributed by atoms with van der Waals surface area (Å²) in [6.45, 7) is 2.19. The van der Waals surface area contributed by atoms with Crippen molar-refractivity contribution in [1.29, 1.82) is 5.26 Å². The molecule has 1 aliphatic heterocycles. The Kier molecular flexibility index (Phi) is 1.97. The van der Waals surface area contributed by atoms with Crippen LogP contribution in [0, 0.1) is 11.3 Å². The standard InChI is InChI=1S/C17H14N2/c1-12(13-7-3-2-4-8-13)19-16-14-9-5-6-10-15(14)17(16,19)11-18/h2-10,12,16H,1H3/t12-,16?,17?,19?/m0/s1. The third-order valence-corrected chi connectivity index (χ3v) is 4.55. The first-order chi connectivity index (χ1) is 9.30. The van der Waals surface area contributed by atoms with E-state index in [1.807, 2.05) is 12.1 Å². The first-order valence-electron chi connectivity index (χ1n) is 6.65.